The summed E-state index contributed by atoms with van der Waals surface area (Å²) >= 11 is 0. The zero-order chi connectivity index (χ0) is 25.5. The van der Waals surface area contributed by atoms with Gasteiger partial charge in [0.05, 0.1) is 29.3 Å². The van der Waals surface area contributed by atoms with Crippen molar-refractivity contribution in [3.8, 4) is 17.3 Å². The number of anilines is 1. The molecule has 4 heterocycles. The molecule has 3 atom stereocenters. The highest BCUT2D eigenvalue weighted by Crippen LogP contribution is 2.32. The first-order valence-electron chi connectivity index (χ1n) is 13.3. The van der Waals surface area contributed by atoms with Crippen molar-refractivity contribution in [2.45, 2.75) is 38.0 Å². The quantitative estimate of drug-likeness (QED) is 0.415. The van der Waals surface area contributed by atoms with Crippen LogP contribution < -0.4 is 9.64 Å². The normalized spacial score (nSPS) is 23.4. The number of aromatic nitrogens is 4. The molecule has 2 aliphatic heterocycles. The second-order valence-electron chi connectivity index (χ2n) is 10.9. The minimum atomic E-state index is 0.195. The number of H-pyrrole nitrogens is 2. The van der Waals surface area contributed by atoms with Gasteiger partial charge in [0.2, 0.25) is 0 Å². The van der Waals surface area contributed by atoms with Crippen LogP contribution in [-0.4, -0.2) is 102 Å². The highest BCUT2D eigenvalue weighted by Gasteiger charge is 2.27. The molecule has 196 valence electrons. The lowest BCUT2D eigenvalue weighted by atomic mass is 10.1. The van der Waals surface area contributed by atoms with Crippen LogP contribution in [0.3, 0.4) is 0 Å². The Morgan fingerprint density at radius 2 is 2.03 bits per heavy atom. The molecular weight excluding hydrogens is 466 g/mol. The number of benzene rings is 2. The van der Waals surface area contributed by atoms with Gasteiger partial charge in [0.25, 0.3) is 0 Å². The average molecular weight is 504 g/mol. The summed E-state index contributed by atoms with van der Waals surface area (Å²) in [4.78, 5) is 15.4. The van der Waals surface area contributed by atoms with Gasteiger partial charge in [-0.15, -0.1) is 0 Å². The van der Waals surface area contributed by atoms with Crippen molar-refractivity contribution in [2.24, 2.45) is 0 Å². The zero-order valence-electron chi connectivity index (χ0n) is 22.2. The summed E-state index contributed by atoms with van der Waals surface area (Å²) in [5.74, 6) is 1.64. The molecule has 6 rings (SSSR count). The van der Waals surface area contributed by atoms with Crippen molar-refractivity contribution in [2.75, 3.05) is 58.8 Å². The molecule has 9 heteroatoms. The summed E-state index contributed by atoms with van der Waals surface area (Å²) in [5.41, 5.74) is 4.90. The van der Waals surface area contributed by atoms with E-state index in [2.05, 4.69) is 82.2 Å². The molecule has 4 aromatic rings. The number of morpholine rings is 1. The highest BCUT2D eigenvalue weighted by atomic mass is 16.5. The largest absolute Gasteiger partial charge is 0.489 e. The van der Waals surface area contributed by atoms with Gasteiger partial charge in [-0.25, -0.2) is 4.98 Å². The maximum atomic E-state index is 6.35. The van der Waals surface area contributed by atoms with Gasteiger partial charge in [-0.05, 0) is 83.9 Å². The number of imidazole rings is 1. The number of rotatable bonds is 6. The van der Waals surface area contributed by atoms with Crippen LogP contribution in [-0.2, 0) is 4.74 Å². The number of hydrogen-bond donors (Lipinski definition) is 2. The van der Waals surface area contributed by atoms with Crippen LogP contribution in [0.15, 0.2) is 36.4 Å². The number of aromatic amines is 2. The predicted octanol–water partition coefficient (Wildman–Crippen LogP) is 3.73. The Balaban J connectivity index is 1.27. The van der Waals surface area contributed by atoms with E-state index in [9.17, 15) is 0 Å². The first kappa shape index (κ1) is 24.2. The van der Waals surface area contributed by atoms with Gasteiger partial charge in [-0.1, -0.05) is 0 Å². The minimum Gasteiger partial charge on any atom is -0.489 e. The highest BCUT2D eigenvalue weighted by molar-refractivity contribution is 5.94. The topological polar surface area (TPSA) is 85.5 Å². The van der Waals surface area contributed by atoms with Gasteiger partial charge in [0.15, 0.2) is 5.82 Å². The second-order valence-corrected chi connectivity index (χ2v) is 10.9. The third-order valence-electron chi connectivity index (χ3n) is 7.51. The molecule has 2 aromatic carbocycles. The molecule has 2 N–H and O–H groups in total. The van der Waals surface area contributed by atoms with Crippen LogP contribution in [0.25, 0.3) is 33.5 Å². The molecule has 0 bridgehead atoms. The van der Waals surface area contributed by atoms with Gasteiger partial charge in [-0.2, -0.15) is 5.10 Å². The van der Waals surface area contributed by atoms with Crippen LogP contribution in [0.2, 0.25) is 0 Å². The van der Waals surface area contributed by atoms with Crippen molar-refractivity contribution in [3.63, 3.8) is 0 Å². The summed E-state index contributed by atoms with van der Waals surface area (Å²) in [6.07, 6.45) is 2.67. The molecule has 0 saturated carbocycles. The third-order valence-corrected chi connectivity index (χ3v) is 7.51. The molecule has 37 heavy (non-hydrogen) atoms. The van der Waals surface area contributed by atoms with Gasteiger partial charge < -0.3 is 29.2 Å². The summed E-state index contributed by atoms with van der Waals surface area (Å²) < 4.78 is 12.4. The van der Waals surface area contributed by atoms with E-state index in [0.717, 1.165) is 78.4 Å². The molecule has 2 aliphatic rings. The Labute approximate surface area is 217 Å². The fourth-order valence-corrected chi connectivity index (χ4v) is 5.64. The van der Waals surface area contributed by atoms with Crippen molar-refractivity contribution in [1.29, 1.82) is 0 Å². The van der Waals surface area contributed by atoms with Crippen LogP contribution in [0.4, 0.5) is 5.69 Å². The van der Waals surface area contributed by atoms with Crippen LogP contribution in [0.5, 0.6) is 5.75 Å². The fourth-order valence-electron chi connectivity index (χ4n) is 5.64. The van der Waals surface area contributed by atoms with Gasteiger partial charge in [0, 0.05) is 36.7 Å². The molecule has 0 radical (unpaired) electrons. The SMILES string of the molecule is CC1COC(CN(C)C)CN1c1ccc2nc(-c3n[nH]c4ccc(OC5CCCN(C)C5)cc34)[nH]c2c1. The van der Waals surface area contributed by atoms with E-state index < -0.39 is 0 Å². The van der Waals surface area contributed by atoms with E-state index in [-0.39, 0.29) is 12.2 Å². The van der Waals surface area contributed by atoms with Crippen molar-refractivity contribution < 1.29 is 9.47 Å². The Kier molecular flexibility index (Phi) is 6.52. The molecule has 2 saturated heterocycles. The Morgan fingerprint density at radius 1 is 1.14 bits per heavy atom. The van der Waals surface area contributed by atoms with Crippen LogP contribution >= 0.6 is 0 Å². The van der Waals surface area contributed by atoms with Crippen LogP contribution in [0, 0.1) is 0 Å². The standard InChI is InChI=1S/C28H37N7O2/c1-18-17-36-22(14-33(2)3)16-35(18)19-7-9-25-26(12-19)30-28(29-25)27-23-13-20(8-10-24(23)31-32-27)37-21-6-5-11-34(4)15-21/h7-10,12-13,18,21-22H,5-6,11,14-17H2,1-4H3,(H,29,30)(H,31,32). The smallest absolute Gasteiger partial charge is 0.159 e. The van der Waals surface area contributed by atoms with E-state index in [4.69, 9.17) is 14.5 Å². The monoisotopic (exact) mass is 503 g/mol. The molecule has 2 fully saturated rings. The summed E-state index contributed by atoms with van der Waals surface area (Å²) in [5, 5.41) is 8.78. The average Bonchev–Trinajstić information content (AvgIpc) is 3.48. The molecule has 0 amide bonds. The number of hydrogen-bond acceptors (Lipinski definition) is 7. The lowest BCUT2D eigenvalue weighted by Crippen LogP contribution is -2.51. The van der Waals surface area contributed by atoms with Crippen molar-refractivity contribution in [3.05, 3.63) is 36.4 Å². The first-order chi connectivity index (χ1) is 17.9. The second kappa shape index (κ2) is 9.96. The predicted molar refractivity (Wildman–Crippen MR) is 147 cm³/mol. The number of ether oxygens (including phenoxy) is 2. The number of likely N-dealkylation sites (tertiary alicyclic amines) is 1. The van der Waals surface area contributed by atoms with Crippen molar-refractivity contribution >= 4 is 27.6 Å². The molecular formula is C28H37N7O2. The lowest BCUT2D eigenvalue weighted by Gasteiger charge is -2.40. The van der Waals surface area contributed by atoms with E-state index in [1.165, 1.54) is 12.1 Å². The maximum Gasteiger partial charge on any atom is 0.159 e. The van der Waals surface area contributed by atoms with Crippen molar-refractivity contribution in [1.82, 2.24) is 30.0 Å². The number of likely N-dealkylation sites (N-methyl/N-ethyl adjacent to an activating group) is 2. The molecule has 9 nitrogen and oxygen atoms in total. The molecule has 0 spiro atoms. The summed E-state index contributed by atoms with van der Waals surface area (Å²) in [7, 11) is 6.33. The zero-order valence-corrected chi connectivity index (χ0v) is 22.2. The number of nitrogens with one attached hydrogen (secondary N) is 2. The van der Waals surface area contributed by atoms with E-state index in [1.54, 1.807) is 0 Å². The molecule has 0 aliphatic carbocycles. The maximum absolute atomic E-state index is 6.35. The van der Waals surface area contributed by atoms with Gasteiger partial charge in [0.1, 0.15) is 17.5 Å². The van der Waals surface area contributed by atoms with Gasteiger partial charge >= 0.3 is 0 Å². The molecule has 3 unspecified atom stereocenters. The van der Waals surface area contributed by atoms with E-state index in [0.29, 0.717) is 6.04 Å². The third kappa shape index (κ3) is 5.03. The lowest BCUT2D eigenvalue weighted by molar-refractivity contribution is 0.00880. The van der Waals surface area contributed by atoms with E-state index >= 15 is 0 Å². The fraction of sp³-hybridized carbons (Fsp3) is 0.500. The van der Waals surface area contributed by atoms with Crippen LogP contribution in [0.1, 0.15) is 19.8 Å². The minimum absolute atomic E-state index is 0.195. The Bertz CT molecular complexity index is 1380. The van der Waals surface area contributed by atoms with Gasteiger partial charge in [-0.3, -0.25) is 5.10 Å². The number of fused-ring (bicyclic) bond motifs is 2. The first-order valence-corrected chi connectivity index (χ1v) is 13.3. The summed E-state index contributed by atoms with van der Waals surface area (Å²) in [6.45, 7) is 6.82. The Hall–Kier alpha value is -3.14. The number of piperidine rings is 1. The Morgan fingerprint density at radius 3 is 2.86 bits per heavy atom. The summed E-state index contributed by atoms with van der Waals surface area (Å²) in [6, 6.07) is 12.9. The van der Waals surface area contributed by atoms with E-state index in [1.807, 2.05) is 12.1 Å². The molecule has 2 aromatic heterocycles. The number of nitrogens with zero attached hydrogens (tertiary/aromatic N) is 5.